The van der Waals surface area contributed by atoms with Gasteiger partial charge in [-0.05, 0) is 65.1 Å². The molecule has 1 saturated carbocycles. The van der Waals surface area contributed by atoms with Crippen molar-refractivity contribution in [3.05, 3.63) is 0 Å². The molecule has 0 radical (unpaired) electrons. The summed E-state index contributed by atoms with van der Waals surface area (Å²) >= 11 is 0. The zero-order valence-electron chi connectivity index (χ0n) is 11.8. The van der Waals surface area contributed by atoms with Gasteiger partial charge in [0.2, 0.25) is 0 Å². The molecule has 0 aliphatic heterocycles. The van der Waals surface area contributed by atoms with Crippen molar-refractivity contribution in [3.63, 3.8) is 0 Å². The Bertz CT molecular complexity index is 189. The van der Waals surface area contributed by atoms with E-state index in [1.54, 1.807) is 0 Å². The molecule has 1 atom stereocenters. The third-order valence-electron chi connectivity index (χ3n) is 3.87. The van der Waals surface area contributed by atoms with Crippen molar-refractivity contribution < 1.29 is 0 Å². The monoisotopic (exact) mass is 226 g/mol. The Hall–Kier alpha value is -0.0800. The molecule has 96 valence electrons. The largest absolute Gasteiger partial charge is 0.311 e. The Morgan fingerprint density at radius 1 is 1.25 bits per heavy atom. The van der Waals surface area contributed by atoms with Crippen LogP contribution in [-0.2, 0) is 0 Å². The molecule has 2 heteroatoms. The molecule has 0 spiro atoms. The Morgan fingerprint density at radius 2 is 1.81 bits per heavy atom. The fourth-order valence-corrected chi connectivity index (χ4v) is 2.50. The Balaban J connectivity index is 2.18. The van der Waals surface area contributed by atoms with Crippen molar-refractivity contribution in [1.82, 2.24) is 10.2 Å². The molecule has 0 aromatic rings. The molecule has 1 unspecified atom stereocenters. The van der Waals surface area contributed by atoms with Gasteiger partial charge >= 0.3 is 0 Å². The van der Waals surface area contributed by atoms with Gasteiger partial charge in [0, 0.05) is 12.1 Å². The van der Waals surface area contributed by atoms with Crippen molar-refractivity contribution in [2.45, 2.75) is 65.0 Å². The third-order valence-corrected chi connectivity index (χ3v) is 3.87. The van der Waals surface area contributed by atoms with Gasteiger partial charge in [0.25, 0.3) is 0 Å². The number of nitrogens with zero attached hydrogens (tertiary/aromatic N) is 1. The summed E-state index contributed by atoms with van der Waals surface area (Å²) in [6.07, 6.45) is 6.74. The van der Waals surface area contributed by atoms with Crippen molar-refractivity contribution in [1.29, 1.82) is 0 Å². The molecule has 0 heterocycles. The van der Waals surface area contributed by atoms with E-state index in [0.29, 0.717) is 11.5 Å². The van der Waals surface area contributed by atoms with E-state index >= 15 is 0 Å². The van der Waals surface area contributed by atoms with Crippen LogP contribution < -0.4 is 5.32 Å². The van der Waals surface area contributed by atoms with E-state index in [1.807, 2.05) is 0 Å². The SMILES string of the molecule is CC(CCN(C)C)NC1CCC(C)(C)CC1. The van der Waals surface area contributed by atoms with Crippen LogP contribution in [0.3, 0.4) is 0 Å². The van der Waals surface area contributed by atoms with Crippen molar-refractivity contribution in [2.75, 3.05) is 20.6 Å². The lowest BCUT2D eigenvalue weighted by Crippen LogP contribution is -2.41. The molecule has 2 nitrogen and oxygen atoms in total. The molecule has 0 aromatic carbocycles. The predicted octanol–water partition coefficient (Wildman–Crippen LogP) is 2.89. The van der Waals surface area contributed by atoms with Crippen LogP contribution in [0.4, 0.5) is 0 Å². The average molecular weight is 226 g/mol. The zero-order chi connectivity index (χ0) is 12.2. The lowest BCUT2D eigenvalue weighted by Gasteiger charge is -2.36. The summed E-state index contributed by atoms with van der Waals surface area (Å²) in [6, 6.07) is 1.43. The van der Waals surface area contributed by atoms with Gasteiger partial charge in [-0.2, -0.15) is 0 Å². The second-order valence-corrected chi connectivity index (χ2v) is 6.60. The molecule has 0 saturated heterocycles. The first-order chi connectivity index (χ1) is 7.39. The number of hydrogen-bond donors (Lipinski definition) is 1. The minimum Gasteiger partial charge on any atom is -0.311 e. The smallest absolute Gasteiger partial charge is 0.00699 e. The minimum absolute atomic E-state index is 0.588. The molecule has 1 rings (SSSR count). The van der Waals surface area contributed by atoms with Crippen molar-refractivity contribution in [3.8, 4) is 0 Å². The van der Waals surface area contributed by atoms with E-state index in [0.717, 1.165) is 6.04 Å². The maximum Gasteiger partial charge on any atom is 0.00699 e. The zero-order valence-corrected chi connectivity index (χ0v) is 11.8. The molecule has 1 N–H and O–H groups in total. The predicted molar refractivity (Wildman–Crippen MR) is 71.8 cm³/mol. The van der Waals surface area contributed by atoms with Crippen LogP contribution in [-0.4, -0.2) is 37.6 Å². The summed E-state index contributed by atoms with van der Waals surface area (Å²) in [5.74, 6) is 0. The first-order valence-electron chi connectivity index (χ1n) is 6.80. The standard InChI is InChI=1S/C14H30N2/c1-12(8-11-16(4)5)15-13-6-9-14(2,3)10-7-13/h12-13,15H,6-11H2,1-5H3. The van der Waals surface area contributed by atoms with Crippen LogP contribution in [0.2, 0.25) is 0 Å². The maximum absolute atomic E-state index is 3.79. The van der Waals surface area contributed by atoms with E-state index in [9.17, 15) is 0 Å². The molecule has 1 aliphatic carbocycles. The summed E-state index contributed by atoms with van der Waals surface area (Å²) in [5, 5.41) is 3.79. The van der Waals surface area contributed by atoms with E-state index < -0.39 is 0 Å². The highest BCUT2D eigenvalue weighted by Gasteiger charge is 2.27. The molecule has 1 fully saturated rings. The van der Waals surface area contributed by atoms with Crippen molar-refractivity contribution in [2.24, 2.45) is 5.41 Å². The first kappa shape index (κ1) is 14.0. The van der Waals surface area contributed by atoms with Gasteiger partial charge in [-0.3, -0.25) is 0 Å². The van der Waals surface area contributed by atoms with Gasteiger partial charge in [0.1, 0.15) is 0 Å². The molecule has 0 amide bonds. The van der Waals surface area contributed by atoms with Gasteiger partial charge in [-0.25, -0.2) is 0 Å². The lowest BCUT2D eigenvalue weighted by molar-refractivity contribution is 0.196. The fraction of sp³-hybridized carbons (Fsp3) is 1.00. The van der Waals surface area contributed by atoms with E-state index in [2.05, 4.69) is 45.1 Å². The Kier molecular flexibility index (Phi) is 5.26. The van der Waals surface area contributed by atoms with Gasteiger partial charge in [0.05, 0.1) is 0 Å². The highest BCUT2D eigenvalue weighted by atomic mass is 15.1. The lowest BCUT2D eigenvalue weighted by atomic mass is 9.75. The van der Waals surface area contributed by atoms with E-state index in [1.165, 1.54) is 38.6 Å². The van der Waals surface area contributed by atoms with Crippen LogP contribution in [0.25, 0.3) is 0 Å². The van der Waals surface area contributed by atoms with Crippen LogP contribution in [0.1, 0.15) is 52.9 Å². The third kappa shape index (κ3) is 5.31. The highest BCUT2D eigenvalue weighted by molar-refractivity contribution is 4.83. The van der Waals surface area contributed by atoms with E-state index in [4.69, 9.17) is 0 Å². The van der Waals surface area contributed by atoms with Crippen LogP contribution in [0.5, 0.6) is 0 Å². The second kappa shape index (κ2) is 6.02. The van der Waals surface area contributed by atoms with Gasteiger partial charge < -0.3 is 10.2 Å². The summed E-state index contributed by atoms with van der Waals surface area (Å²) in [5.41, 5.74) is 0.588. The van der Waals surface area contributed by atoms with Gasteiger partial charge in [0.15, 0.2) is 0 Å². The normalized spacial score (nSPS) is 23.6. The number of nitrogens with one attached hydrogen (secondary N) is 1. The molecule has 1 aliphatic rings. The Labute approximate surface area is 102 Å². The number of rotatable bonds is 5. The Morgan fingerprint density at radius 3 is 2.31 bits per heavy atom. The van der Waals surface area contributed by atoms with Crippen LogP contribution in [0, 0.1) is 5.41 Å². The van der Waals surface area contributed by atoms with Gasteiger partial charge in [-0.15, -0.1) is 0 Å². The fourth-order valence-electron chi connectivity index (χ4n) is 2.50. The molecular formula is C14H30N2. The molecule has 0 aromatic heterocycles. The molecule has 16 heavy (non-hydrogen) atoms. The van der Waals surface area contributed by atoms with E-state index in [-0.39, 0.29) is 0 Å². The van der Waals surface area contributed by atoms with Crippen LogP contribution >= 0.6 is 0 Å². The molecule has 0 bridgehead atoms. The second-order valence-electron chi connectivity index (χ2n) is 6.60. The van der Waals surface area contributed by atoms with Crippen LogP contribution in [0.15, 0.2) is 0 Å². The first-order valence-corrected chi connectivity index (χ1v) is 6.80. The summed E-state index contributed by atoms with van der Waals surface area (Å²) < 4.78 is 0. The average Bonchev–Trinajstić information content (AvgIpc) is 2.18. The summed E-state index contributed by atoms with van der Waals surface area (Å²) in [7, 11) is 4.30. The molecular weight excluding hydrogens is 196 g/mol. The summed E-state index contributed by atoms with van der Waals surface area (Å²) in [6.45, 7) is 8.31. The quantitative estimate of drug-likeness (QED) is 0.775. The maximum atomic E-state index is 3.79. The highest BCUT2D eigenvalue weighted by Crippen LogP contribution is 2.35. The van der Waals surface area contributed by atoms with Crippen molar-refractivity contribution >= 4 is 0 Å². The minimum atomic E-state index is 0.588. The summed E-state index contributed by atoms with van der Waals surface area (Å²) in [4.78, 5) is 2.27. The van der Waals surface area contributed by atoms with Gasteiger partial charge in [-0.1, -0.05) is 13.8 Å². The topological polar surface area (TPSA) is 15.3 Å². The number of hydrogen-bond acceptors (Lipinski definition) is 2.